The van der Waals surface area contributed by atoms with Crippen molar-refractivity contribution < 1.29 is 44.3 Å². The van der Waals surface area contributed by atoms with E-state index in [0.717, 1.165) is 23.8 Å². The zero-order valence-corrected chi connectivity index (χ0v) is 30.1. The smallest absolute Gasteiger partial charge is 0.296 e. The number of aryl methyl sites for hydroxylation is 1. The first-order valence-corrected chi connectivity index (χ1v) is 16.0. The second-order valence-electron chi connectivity index (χ2n) is 8.94. The number of carbonyl (C=O) groups is 1. The quantitative estimate of drug-likeness (QED) is 0.103. The molecule has 0 aromatic heterocycles. The van der Waals surface area contributed by atoms with Crippen LogP contribution >= 0.6 is 0 Å². The number of hydrogen-bond acceptors (Lipinski definition) is 10. The van der Waals surface area contributed by atoms with Crippen molar-refractivity contribution in [3.63, 3.8) is 0 Å². The van der Waals surface area contributed by atoms with Gasteiger partial charge in [0.05, 0.1) is 26.6 Å². The summed E-state index contributed by atoms with van der Waals surface area (Å²) in [5.74, 6) is -1.31. The number of nitrogens with one attached hydrogen (secondary N) is 2. The molecular weight excluding hydrogens is 658 g/mol. The van der Waals surface area contributed by atoms with Crippen molar-refractivity contribution in [2.75, 3.05) is 10.0 Å². The molecule has 0 aliphatic carbocycles. The van der Waals surface area contributed by atoms with Crippen molar-refractivity contribution >= 4 is 129 Å². The molecule has 0 bridgehead atoms. The van der Waals surface area contributed by atoms with Gasteiger partial charge in [0.15, 0.2) is 5.75 Å². The summed E-state index contributed by atoms with van der Waals surface area (Å²) in [7, 11) is -14.5. The molecule has 0 saturated carbocycles. The van der Waals surface area contributed by atoms with Crippen LogP contribution in [-0.2, 0) is 35.1 Å². The van der Waals surface area contributed by atoms with Crippen molar-refractivity contribution in [3.8, 4) is 5.75 Å². The van der Waals surface area contributed by atoms with Crippen molar-refractivity contribution in [1.82, 2.24) is 0 Å². The molecule has 0 atom stereocenters. The van der Waals surface area contributed by atoms with Gasteiger partial charge in [0.2, 0.25) is 5.91 Å². The minimum atomic E-state index is -5.13. The third-order valence-electron chi connectivity index (χ3n) is 5.73. The summed E-state index contributed by atoms with van der Waals surface area (Å²) in [6.45, 7) is 3.03. The van der Waals surface area contributed by atoms with Crippen LogP contribution in [0.25, 0.3) is 10.8 Å². The van der Waals surface area contributed by atoms with Gasteiger partial charge >= 0.3 is 0 Å². The van der Waals surface area contributed by atoms with Crippen LogP contribution in [0, 0.1) is 6.92 Å². The Morgan fingerprint density at radius 1 is 0.773 bits per heavy atom. The van der Waals surface area contributed by atoms with Gasteiger partial charge in [-0.3, -0.25) is 18.6 Å². The maximum absolute atomic E-state index is 13.1. The van der Waals surface area contributed by atoms with Gasteiger partial charge in [-0.05, 0) is 66.9 Å². The Hall–Kier alpha value is -2.42. The molecular formula is C25H22N4Na2O10S3. The van der Waals surface area contributed by atoms with Gasteiger partial charge in [0.25, 0.3) is 30.3 Å². The molecule has 0 aliphatic rings. The van der Waals surface area contributed by atoms with E-state index in [1.165, 1.54) is 55.5 Å². The van der Waals surface area contributed by atoms with Crippen LogP contribution in [0.15, 0.2) is 91.6 Å². The molecule has 5 N–H and O–H groups in total. The van der Waals surface area contributed by atoms with E-state index in [9.17, 15) is 44.3 Å². The minimum absolute atomic E-state index is 0. The second-order valence-corrected chi connectivity index (χ2v) is 13.4. The van der Waals surface area contributed by atoms with Crippen LogP contribution in [-0.4, -0.2) is 104 Å². The van der Waals surface area contributed by atoms with Gasteiger partial charge in [-0.15, -0.1) is 5.11 Å². The van der Waals surface area contributed by atoms with Crippen molar-refractivity contribution in [2.24, 2.45) is 10.2 Å². The van der Waals surface area contributed by atoms with Gasteiger partial charge in [-0.2, -0.15) is 21.9 Å². The number of carbonyl (C=O) groups excluding carboxylic acids is 1. The van der Waals surface area contributed by atoms with E-state index < -0.39 is 67.9 Å². The van der Waals surface area contributed by atoms with Gasteiger partial charge < -0.3 is 10.4 Å². The van der Waals surface area contributed by atoms with E-state index in [0.29, 0.717) is 5.69 Å². The summed E-state index contributed by atoms with van der Waals surface area (Å²) in [5, 5.41) is 20.5. The summed E-state index contributed by atoms with van der Waals surface area (Å²) in [6, 6.07) is 13.5. The molecule has 4 aromatic rings. The normalized spacial score (nSPS) is 11.9. The standard InChI is InChI=1S/C25H22N4O10S3.2Na/c1-14-3-9-19(10-4-14)40(32,33)29-21-13-20(41(34,35)36)11-16-12-22(42(37,38)39)24(25(31)23(16)21)28-27-18-7-5-17(6-8-18)26-15(2)30;;/h3-13,29,31H,1-2H3,(H,26,30)(H,34,35,36)(H,37,38,39);;. The van der Waals surface area contributed by atoms with Crippen LogP contribution in [0.1, 0.15) is 12.5 Å². The maximum Gasteiger partial charge on any atom is 0.296 e. The SMILES string of the molecule is CC(=O)Nc1ccc(N=Nc2c(S(=O)(=O)O)cc3cc(S(=O)(=O)O)cc(NS(=O)(=O)c4ccc(C)cc4)c3c2O)cc1.[Na].[Na]. The Balaban J connectivity index is 0.00000337. The van der Waals surface area contributed by atoms with Gasteiger partial charge in [0, 0.05) is 71.7 Å². The average molecular weight is 681 g/mol. The number of benzene rings is 4. The Morgan fingerprint density at radius 2 is 1.36 bits per heavy atom. The fourth-order valence-corrected chi connectivity index (χ4v) is 6.09. The van der Waals surface area contributed by atoms with Crippen molar-refractivity contribution in [1.29, 1.82) is 0 Å². The molecule has 0 fully saturated rings. The molecule has 14 nitrogen and oxygen atoms in total. The molecule has 4 aromatic carbocycles. The van der Waals surface area contributed by atoms with E-state index in [2.05, 4.69) is 20.3 Å². The molecule has 2 radical (unpaired) electrons. The molecule has 0 aliphatic heterocycles. The van der Waals surface area contributed by atoms with E-state index in [-0.39, 0.29) is 75.6 Å². The Bertz CT molecular complexity index is 2090. The first kappa shape index (κ1) is 37.8. The number of nitrogens with zero attached hydrogens (tertiary/aromatic N) is 2. The van der Waals surface area contributed by atoms with Crippen LogP contribution in [0.5, 0.6) is 5.75 Å². The number of hydrogen-bond donors (Lipinski definition) is 5. The molecule has 4 rings (SSSR count). The molecule has 222 valence electrons. The van der Waals surface area contributed by atoms with Crippen LogP contribution in [0.3, 0.4) is 0 Å². The van der Waals surface area contributed by atoms with Crippen molar-refractivity contribution in [2.45, 2.75) is 28.5 Å². The van der Waals surface area contributed by atoms with E-state index in [1.54, 1.807) is 6.92 Å². The number of aromatic hydroxyl groups is 1. The summed E-state index contributed by atoms with van der Waals surface area (Å²) >= 11 is 0. The predicted molar refractivity (Wildman–Crippen MR) is 164 cm³/mol. The Labute approximate surface area is 297 Å². The first-order chi connectivity index (χ1) is 19.5. The minimum Gasteiger partial charge on any atom is -0.505 e. The molecule has 0 spiro atoms. The zero-order chi connectivity index (χ0) is 31.0. The first-order valence-electron chi connectivity index (χ1n) is 11.6. The molecule has 0 heterocycles. The Kier molecular flexibility index (Phi) is 12.3. The fourth-order valence-electron chi connectivity index (χ4n) is 3.83. The molecule has 1 amide bonds. The number of rotatable bonds is 8. The third kappa shape index (κ3) is 8.85. The monoisotopic (exact) mass is 680 g/mol. The summed E-state index contributed by atoms with van der Waals surface area (Å²) in [5.41, 5.74) is -0.0499. The number of fused-ring (bicyclic) bond motifs is 1. The molecule has 19 heteroatoms. The topological polar surface area (TPSA) is 229 Å². The summed E-state index contributed by atoms with van der Waals surface area (Å²) in [4.78, 5) is 9.15. The van der Waals surface area contributed by atoms with Crippen LogP contribution in [0.2, 0.25) is 0 Å². The zero-order valence-electron chi connectivity index (χ0n) is 23.7. The Morgan fingerprint density at radius 3 is 1.89 bits per heavy atom. The second kappa shape index (κ2) is 14.3. The van der Waals surface area contributed by atoms with Gasteiger partial charge in [-0.1, -0.05) is 17.7 Å². The molecule has 0 saturated heterocycles. The third-order valence-corrected chi connectivity index (χ3v) is 8.81. The number of sulfonamides is 1. The number of azo groups is 1. The molecule has 44 heavy (non-hydrogen) atoms. The van der Waals surface area contributed by atoms with E-state index in [1.807, 2.05) is 0 Å². The maximum atomic E-state index is 13.1. The van der Waals surface area contributed by atoms with Crippen LogP contribution in [0.4, 0.5) is 22.7 Å². The van der Waals surface area contributed by atoms with E-state index >= 15 is 0 Å². The number of amides is 1. The summed E-state index contributed by atoms with van der Waals surface area (Å²) < 4.78 is 96.4. The van der Waals surface area contributed by atoms with E-state index in [4.69, 9.17) is 0 Å². The van der Waals surface area contributed by atoms with Crippen molar-refractivity contribution in [3.05, 3.63) is 72.3 Å². The number of anilines is 2. The van der Waals surface area contributed by atoms with Gasteiger partial charge in [-0.25, -0.2) is 8.42 Å². The number of phenolic OH excluding ortho intramolecular Hbond substituents is 1. The summed E-state index contributed by atoms with van der Waals surface area (Å²) in [6.07, 6.45) is 0. The largest absolute Gasteiger partial charge is 0.505 e. The average Bonchev–Trinajstić information content (AvgIpc) is 2.87. The predicted octanol–water partition coefficient (Wildman–Crippen LogP) is 3.76. The number of phenols is 1. The van der Waals surface area contributed by atoms with Crippen LogP contribution < -0.4 is 10.0 Å². The fraction of sp³-hybridized carbons (Fsp3) is 0.0800. The molecule has 0 unspecified atom stereocenters. The van der Waals surface area contributed by atoms with Gasteiger partial charge in [0.1, 0.15) is 10.6 Å².